The predicted octanol–water partition coefficient (Wildman–Crippen LogP) is 0.402. The van der Waals surface area contributed by atoms with Crippen LogP contribution in [0.5, 0.6) is 0 Å². The molecule has 1 aliphatic rings. The standard InChI is InChI=1S/C13H9N7O2/c1-20-12(21)8-3-2-4-9(10(8)13(20)22)15-6-7(5-14)11-16-18-19-17-11/h2-4,6,15H,1H3,(H,16,17,18,19). The van der Waals surface area contributed by atoms with Gasteiger partial charge in [-0.3, -0.25) is 14.5 Å². The number of aromatic nitrogens is 4. The molecule has 2 aromatic rings. The molecule has 0 bridgehead atoms. The van der Waals surface area contributed by atoms with Gasteiger partial charge in [-0.25, -0.2) is 0 Å². The molecule has 0 radical (unpaired) electrons. The Morgan fingerprint density at radius 3 is 2.91 bits per heavy atom. The average Bonchev–Trinajstić information content (AvgIpc) is 3.13. The van der Waals surface area contributed by atoms with Gasteiger partial charge < -0.3 is 5.32 Å². The van der Waals surface area contributed by atoms with Gasteiger partial charge in [-0.05, 0) is 17.3 Å². The molecule has 22 heavy (non-hydrogen) atoms. The molecule has 2 heterocycles. The molecule has 9 heteroatoms. The quantitative estimate of drug-likeness (QED) is 0.619. The highest BCUT2D eigenvalue weighted by Gasteiger charge is 2.34. The first-order chi connectivity index (χ1) is 10.6. The molecule has 3 rings (SSSR count). The molecule has 1 aliphatic heterocycles. The number of nitrogens with one attached hydrogen (secondary N) is 2. The smallest absolute Gasteiger partial charge is 0.263 e. The number of allylic oxidation sites excluding steroid dienone is 1. The Kier molecular flexibility index (Phi) is 3.12. The number of benzene rings is 1. The van der Waals surface area contributed by atoms with Crippen LogP contribution in [-0.2, 0) is 0 Å². The molecule has 0 atom stereocenters. The van der Waals surface area contributed by atoms with Crippen LogP contribution in [0, 0.1) is 11.3 Å². The zero-order valence-corrected chi connectivity index (χ0v) is 11.4. The van der Waals surface area contributed by atoms with Gasteiger partial charge in [0.1, 0.15) is 11.6 Å². The maximum atomic E-state index is 12.1. The number of hydrogen-bond donors (Lipinski definition) is 2. The minimum absolute atomic E-state index is 0.127. The van der Waals surface area contributed by atoms with Crippen molar-refractivity contribution >= 4 is 23.1 Å². The highest BCUT2D eigenvalue weighted by atomic mass is 16.2. The molecule has 2 amide bonds. The van der Waals surface area contributed by atoms with Gasteiger partial charge in [-0.15, -0.1) is 10.2 Å². The molecule has 0 fully saturated rings. The SMILES string of the molecule is CN1C(=O)c2cccc(NC=C(C#N)c3nn[nH]n3)c2C1=O. The monoisotopic (exact) mass is 295 g/mol. The summed E-state index contributed by atoms with van der Waals surface area (Å²) in [5, 5.41) is 25.0. The van der Waals surface area contributed by atoms with Crippen LogP contribution in [0.3, 0.4) is 0 Å². The number of H-pyrrole nitrogens is 1. The molecule has 1 aromatic carbocycles. The normalized spacial score (nSPS) is 14.0. The Morgan fingerprint density at radius 1 is 1.41 bits per heavy atom. The zero-order chi connectivity index (χ0) is 15.7. The number of fused-ring (bicyclic) bond motifs is 1. The third kappa shape index (κ3) is 1.99. The summed E-state index contributed by atoms with van der Waals surface area (Å²) in [4.78, 5) is 25.1. The highest BCUT2D eigenvalue weighted by Crippen LogP contribution is 2.28. The topological polar surface area (TPSA) is 128 Å². The van der Waals surface area contributed by atoms with E-state index in [4.69, 9.17) is 5.26 Å². The van der Waals surface area contributed by atoms with Crippen LogP contribution in [-0.4, -0.2) is 44.4 Å². The molecule has 9 nitrogen and oxygen atoms in total. The largest absolute Gasteiger partial charge is 0.360 e. The Morgan fingerprint density at radius 2 is 2.23 bits per heavy atom. The summed E-state index contributed by atoms with van der Waals surface area (Å²) in [6.45, 7) is 0. The van der Waals surface area contributed by atoms with E-state index in [0.717, 1.165) is 4.90 Å². The van der Waals surface area contributed by atoms with E-state index < -0.39 is 5.91 Å². The molecule has 108 valence electrons. The fraction of sp³-hybridized carbons (Fsp3) is 0.0769. The second-order valence-corrected chi connectivity index (χ2v) is 4.45. The first-order valence-electron chi connectivity index (χ1n) is 6.19. The van der Waals surface area contributed by atoms with Crippen molar-refractivity contribution in [2.45, 2.75) is 0 Å². The van der Waals surface area contributed by atoms with Crippen LogP contribution in [0.15, 0.2) is 24.4 Å². The van der Waals surface area contributed by atoms with Crippen LogP contribution >= 0.6 is 0 Å². The van der Waals surface area contributed by atoms with Gasteiger partial charge in [0, 0.05) is 13.2 Å². The van der Waals surface area contributed by atoms with E-state index in [-0.39, 0.29) is 22.9 Å². The fourth-order valence-corrected chi connectivity index (χ4v) is 2.09. The molecule has 1 aromatic heterocycles. The molecule has 0 spiro atoms. The zero-order valence-electron chi connectivity index (χ0n) is 11.4. The number of carbonyl (C=O) groups excluding carboxylic acids is 2. The molecule has 0 aliphatic carbocycles. The van der Waals surface area contributed by atoms with Crippen LogP contribution < -0.4 is 5.32 Å². The first kappa shape index (κ1) is 13.4. The van der Waals surface area contributed by atoms with E-state index in [1.165, 1.54) is 13.2 Å². The molecule has 0 unspecified atom stereocenters. The van der Waals surface area contributed by atoms with E-state index in [9.17, 15) is 9.59 Å². The lowest BCUT2D eigenvalue weighted by atomic mass is 10.1. The lowest BCUT2D eigenvalue weighted by Crippen LogP contribution is -2.24. The van der Waals surface area contributed by atoms with Crippen molar-refractivity contribution in [3.8, 4) is 6.07 Å². The maximum absolute atomic E-state index is 12.1. The van der Waals surface area contributed by atoms with E-state index in [1.54, 1.807) is 18.2 Å². The van der Waals surface area contributed by atoms with Crippen molar-refractivity contribution in [2.24, 2.45) is 0 Å². The van der Waals surface area contributed by atoms with Crippen molar-refractivity contribution in [2.75, 3.05) is 12.4 Å². The van der Waals surface area contributed by atoms with Gasteiger partial charge in [0.25, 0.3) is 11.8 Å². The number of amides is 2. The number of rotatable bonds is 3. The number of imide groups is 1. The highest BCUT2D eigenvalue weighted by molar-refractivity contribution is 6.23. The summed E-state index contributed by atoms with van der Waals surface area (Å²) in [7, 11) is 1.42. The van der Waals surface area contributed by atoms with Crippen molar-refractivity contribution in [3.05, 3.63) is 41.4 Å². The number of carbonyl (C=O) groups is 2. The van der Waals surface area contributed by atoms with Gasteiger partial charge in [-0.1, -0.05) is 6.07 Å². The van der Waals surface area contributed by atoms with Crippen molar-refractivity contribution < 1.29 is 9.59 Å². The van der Waals surface area contributed by atoms with Gasteiger partial charge in [-0.2, -0.15) is 10.5 Å². The van der Waals surface area contributed by atoms with Crippen LogP contribution in [0.1, 0.15) is 26.5 Å². The van der Waals surface area contributed by atoms with Crippen LogP contribution in [0.4, 0.5) is 5.69 Å². The summed E-state index contributed by atoms with van der Waals surface area (Å²) in [6.07, 6.45) is 1.36. The molecular weight excluding hydrogens is 286 g/mol. The van der Waals surface area contributed by atoms with E-state index in [1.807, 2.05) is 6.07 Å². The Hall–Kier alpha value is -3.54. The number of aromatic amines is 1. The fourth-order valence-electron chi connectivity index (χ4n) is 2.09. The number of anilines is 1. The predicted molar refractivity (Wildman–Crippen MR) is 74.3 cm³/mol. The van der Waals surface area contributed by atoms with Gasteiger partial charge in [0.05, 0.1) is 16.8 Å². The van der Waals surface area contributed by atoms with Gasteiger partial charge in [0.15, 0.2) is 0 Å². The Balaban J connectivity index is 1.97. The summed E-state index contributed by atoms with van der Waals surface area (Å²) in [6, 6.07) is 6.80. The number of hydrogen-bond acceptors (Lipinski definition) is 7. The second kappa shape index (κ2) is 5.10. The van der Waals surface area contributed by atoms with Crippen molar-refractivity contribution in [3.63, 3.8) is 0 Å². The van der Waals surface area contributed by atoms with Crippen LogP contribution in [0.25, 0.3) is 5.57 Å². The summed E-state index contributed by atoms with van der Waals surface area (Å²) >= 11 is 0. The maximum Gasteiger partial charge on any atom is 0.263 e. The molecule has 2 N–H and O–H groups in total. The third-order valence-electron chi connectivity index (χ3n) is 3.20. The number of nitrogens with zero attached hydrogens (tertiary/aromatic N) is 5. The van der Waals surface area contributed by atoms with E-state index in [2.05, 4.69) is 25.9 Å². The first-order valence-corrected chi connectivity index (χ1v) is 6.19. The molecular formula is C13H9N7O2. The minimum Gasteiger partial charge on any atom is -0.360 e. The van der Waals surface area contributed by atoms with Crippen molar-refractivity contribution in [1.82, 2.24) is 25.5 Å². The van der Waals surface area contributed by atoms with Gasteiger partial charge >= 0.3 is 0 Å². The molecule has 0 saturated heterocycles. The average molecular weight is 295 g/mol. The Labute approximate surface area is 124 Å². The lowest BCUT2D eigenvalue weighted by molar-refractivity contribution is 0.0693. The van der Waals surface area contributed by atoms with E-state index in [0.29, 0.717) is 11.3 Å². The number of nitriles is 1. The summed E-state index contributed by atoms with van der Waals surface area (Å²) < 4.78 is 0. The summed E-state index contributed by atoms with van der Waals surface area (Å²) in [5.74, 6) is -0.622. The Bertz CT molecular complexity index is 833. The van der Waals surface area contributed by atoms with Gasteiger partial charge in [0.2, 0.25) is 5.82 Å². The minimum atomic E-state index is -0.394. The van der Waals surface area contributed by atoms with E-state index >= 15 is 0 Å². The summed E-state index contributed by atoms with van der Waals surface area (Å²) in [5.41, 5.74) is 1.16. The third-order valence-corrected chi connectivity index (χ3v) is 3.20. The molecule has 0 saturated carbocycles. The van der Waals surface area contributed by atoms with Crippen LogP contribution in [0.2, 0.25) is 0 Å². The lowest BCUT2D eigenvalue weighted by Gasteiger charge is -2.06. The van der Waals surface area contributed by atoms with Crippen molar-refractivity contribution in [1.29, 1.82) is 5.26 Å². The second-order valence-electron chi connectivity index (χ2n) is 4.45. The number of tetrazole rings is 1.